The van der Waals surface area contributed by atoms with E-state index in [-0.39, 0.29) is 12.3 Å². The lowest BCUT2D eigenvalue weighted by Crippen LogP contribution is -2.12. The fourth-order valence-electron chi connectivity index (χ4n) is 1.11. The first-order chi connectivity index (χ1) is 6.02. The zero-order valence-corrected chi connectivity index (χ0v) is 8.34. The van der Waals surface area contributed by atoms with Crippen LogP contribution in [0, 0.1) is 6.92 Å². The first kappa shape index (κ1) is 10.3. The van der Waals surface area contributed by atoms with Gasteiger partial charge in [0, 0.05) is 12.6 Å². The van der Waals surface area contributed by atoms with Crippen molar-refractivity contribution >= 4 is 11.6 Å². The largest absolute Gasteiger partial charge is 0.508 e. The van der Waals surface area contributed by atoms with Crippen LogP contribution < -0.4 is 0 Å². The highest BCUT2D eigenvalue weighted by Gasteiger charge is 2.09. The summed E-state index contributed by atoms with van der Waals surface area (Å²) >= 11 is 5.94. The molecule has 0 aliphatic rings. The van der Waals surface area contributed by atoms with Gasteiger partial charge in [-0.05, 0) is 18.6 Å². The van der Waals surface area contributed by atoms with Crippen molar-refractivity contribution in [3.05, 3.63) is 28.3 Å². The lowest BCUT2D eigenvalue weighted by molar-refractivity contribution is -0.0735. The lowest BCUT2D eigenvalue weighted by Gasteiger charge is -2.12. The summed E-state index contributed by atoms with van der Waals surface area (Å²) in [4.78, 5) is 0. The molecule has 72 valence electrons. The first-order valence-electron chi connectivity index (χ1n) is 3.89. The SMILES string of the molecule is Cc1ccc(O)c(CN(C)O)c1Cl. The Morgan fingerprint density at radius 1 is 1.46 bits per heavy atom. The number of hydrogen-bond acceptors (Lipinski definition) is 3. The summed E-state index contributed by atoms with van der Waals surface area (Å²) < 4.78 is 0. The number of halogens is 1. The van der Waals surface area contributed by atoms with Crippen molar-refractivity contribution in [2.24, 2.45) is 0 Å². The molecule has 0 spiro atoms. The topological polar surface area (TPSA) is 43.7 Å². The predicted molar refractivity (Wildman–Crippen MR) is 51.1 cm³/mol. The second-order valence-electron chi connectivity index (χ2n) is 3.01. The van der Waals surface area contributed by atoms with E-state index in [2.05, 4.69) is 0 Å². The highest BCUT2D eigenvalue weighted by molar-refractivity contribution is 6.32. The van der Waals surface area contributed by atoms with Gasteiger partial charge in [-0.1, -0.05) is 17.7 Å². The van der Waals surface area contributed by atoms with Gasteiger partial charge < -0.3 is 10.3 Å². The molecule has 0 amide bonds. The third-order valence-electron chi connectivity index (χ3n) is 1.80. The zero-order valence-electron chi connectivity index (χ0n) is 7.58. The fourth-order valence-corrected chi connectivity index (χ4v) is 1.33. The molecule has 0 fully saturated rings. The van der Waals surface area contributed by atoms with E-state index in [0.29, 0.717) is 10.6 Å². The van der Waals surface area contributed by atoms with E-state index in [1.807, 2.05) is 6.92 Å². The first-order valence-corrected chi connectivity index (χ1v) is 4.27. The Kier molecular flexibility index (Phi) is 3.14. The Morgan fingerprint density at radius 2 is 2.08 bits per heavy atom. The molecule has 1 aromatic rings. The number of hydrogen-bond donors (Lipinski definition) is 2. The van der Waals surface area contributed by atoms with Crippen LogP contribution in [0.5, 0.6) is 5.75 Å². The molecule has 0 radical (unpaired) electrons. The Morgan fingerprint density at radius 3 is 2.62 bits per heavy atom. The van der Waals surface area contributed by atoms with Gasteiger partial charge in [-0.15, -0.1) is 0 Å². The molecule has 0 saturated heterocycles. The van der Waals surface area contributed by atoms with Crippen LogP contribution in [0.2, 0.25) is 5.02 Å². The Hall–Kier alpha value is -0.770. The van der Waals surface area contributed by atoms with Gasteiger partial charge in [0.15, 0.2) is 0 Å². The van der Waals surface area contributed by atoms with E-state index in [9.17, 15) is 5.11 Å². The quantitative estimate of drug-likeness (QED) is 0.721. The Labute approximate surface area is 82.1 Å². The second kappa shape index (κ2) is 3.96. The molecule has 13 heavy (non-hydrogen) atoms. The summed E-state index contributed by atoms with van der Waals surface area (Å²) in [5.41, 5.74) is 1.43. The van der Waals surface area contributed by atoms with Crippen LogP contribution >= 0.6 is 11.6 Å². The summed E-state index contributed by atoms with van der Waals surface area (Å²) in [5, 5.41) is 19.9. The van der Waals surface area contributed by atoms with Gasteiger partial charge in [0.25, 0.3) is 0 Å². The third kappa shape index (κ3) is 2.34. The summed E-state index contributed by atoms with van der Waals surface area (Å²) in [5.74, 6) is 0.108. The van der Waals surface area contributed by atoms with Gasteiger partial charge in [0.2, 0.25) is 0 Å². The number of rotatable bonds is 2. The molecule has 2 N–H and O–H groups in total. The molecule has 1 rings (SSSR count). The van der Waals surface area contributed by atoms with Crippen LogP contribution in [0.3, 0.4) is 0 Å². The minimum Gasteiger partial charge on any atom is -0.508 e. The number of aryl methyl sites for hydroxylation is 1. The highest BCUT2D eigenvalue weighted by atomic mass is 35.5. The summed E-state index contributed by atoms with van der Waals surface area (Å²) in [6.07, 6.45) is 0. The van der Waals surface area contributed by atoms with E-state index >= 15 is 0 Å². The van der Waals surface area contributed by atoms with E-state index in [1.165, 1.54) is 7.05 Å². The Bertz CT molecular complexity index is 313. The van der Waals surface area contributed by atoms with Gasteiger partial charge in [0.05, 0.1) is 11.6 Å². The van der Waals surface area contributed by atoms with Crippen LogP contribution in [0.15, 0.2) is 12.1 Å². The van der Waals surface area contributed by atoms with Crippen molar-refractivity contribution in [1.82, 2.24) is 5.06 Å². The number of hydroxylamine groups is 2. The van der Waals surface area contributed by atoms with E-state index in [4.69, 9.17) is 16.8 Å². The summed E-state index contributed by atoms with van der Waals surface area (Å²) in [7, 11) is 1.50. The molecule has 3 nitrogen and oxygen atoms in total. The Balaban J connectivity index is 3.10. The monoisotopic (exact) mass is 201 g/mol. The second-order valence-corrected chi connectivity index (χ2v) is 3.39. The number of benzene rings is 1. The maximum Gasteiger partial charge on any atom is 0.121 e. The normalized spacial score (nSPS) is 10.8. The minimum atomic E-state index is 0.108. The van der Waals surface area contributed by atoms with Crippen molar-refractivity contribution in [1.29, 1.82) is 0 Å². The molecule has 0 aliphatic carbocycles. The van der Waals surface area contributed by atoms with Crippen LogP contribution in [-0.2, 0) is 6.54 Å². The van der Waals surface area contributed by atoms with Crippen LogP contribution in [-0.4, -0.2) is 22.4 Å². The van der Waals surface area contributed by atoms with Gasteiger partial charge in [-0.2, -0.15) is 5.06 Å². The van der Waals surface area contributed by atoms with Crippen LogP contribution in [0.25, 0.3) is 0 Å². The number of aromatic hydroxyl groups is 1. The van der Waals surface area contributed by atoms with Gasteiger partial charge >= 0.3 is 0 Å². The summed E-state index contributed by atoms with van der Waals surface area (Å²) in [6, 6.07) is 3.30. The predicted octanol–water partition coefficient (Wildman–Crippen LogP) is 2.18. The molecule has 4 heteroatoms. The molecule has 0 aliphatic heterocycles. The molecule has 0 unspecified atom stereocenters. The fraction of sp³-hybridized carbons (Fsp3) is 0.333. The van der Waals surface area contributed by atoms with Gasteiger partial charge in [-0.3, -0.25) is 0 Å². The number of phenols is 1. The van der Waals surface area contributed by atoms with Gasteiger partial charge in [-0.25, -0.2) is 0 Å². The van der Waals surface area contributed by atoms with Crippen molar-refractivity contribution in [2.45, 2.75) is 13.5 Å². The molecule has 0 heterocycles. The van der Waals surface area contributed by atoms with E-state index < -0.39 is 0 Å². The number of nitrogens with zero attached hydrogens (tertiary/aromatic N) is 1. The van der Waals surface area contributed by atoms with Gasteiger partial charge in [0.1, 0.15) is 5.75 Å². The zero-order chi connectivity index (χ0) is 10.0. The van der Waals surface area contributed by atoms with Crippen LogP contribution in [0.4, 0.5) is 0 Å². The van der Waals surface area contributed by atoms with Crippen molar-refractivity contribution in [2.75, 3.05) is 7.05 Å². The molecule has 0 bridgehead atoms. The minimum absolute atomic E-state index is 0.108. The third-order valence-corrected chi connectivity index (χ3v) is 2.32. The standard InChI is InChI=1S/C9H12ClNO2/c1-6-3-4-8(12)7(9(6)10)5-11(2)13/h3-4,12-13H,5H2,1-2H3. The van der Waals surface area contributed by atoms with Crippen molar-refractivity contribution in [3.63, 3.8) is 0 Å². The molecular weight excluding hydrogens is 190 g/mol. The van der Waals surface area contributed by atoms with Crippen molar-refractivity contribution < 1.29 is 10.3 Å². The smallest absolute Gasteiger partial charge is 0.121 e. The van der Waals surface area contributed by atoms with Crippen molar-refractivity contribution in [3.8, 4) is 5.75 Å². The molecule has 0 atom stereocenters. The summed E-state index contributed by atoms with van der Waals surface area (Å²) in [6.45, 7) is 2.06. The number of phenolic OH excluding ortho intramolecular Hbond substituents is 1. The maximum absolute atomic E-state index is 9.44. The lowest BCUT2D eigenvalue weighted by atomic mass is 10.1. The molecular formula is C9H12ClNO2. The molecule has 0 saturated carbocycles. The molecule has 0 aromatic heterocycles. The van der Waals surface area contributed by atoms with E-state index in [0.717, 1.165) is 10.6 Å². The average molecular weight is 202 g/mol. The highest BCUT2D eigenvalue weighted by Crippen LogP contribution is 2.29. The van der Waals surface area contributed by atoms with E-state index in [1.54, 1.807) is 12.1 Å². The average Bonchev–Trinajstić information content (AvgIpc) is 2.05. The van der Waals surface area contributed by atoms with Crippen LogP contribution in [0.1, 0.15) is 11.1 Å². The maximum atomic E-state index is 9.44. The molecule has 1 aromatic carbocycles.